The van der Waals surface area contributed by atoms with Crippen LogP contribution >= 0.6 is 0 Å². The molecular formula is C30H21BN2. The van der Waals surface area contributed by atoms with E-state index in [1.165, 1.54) is 60.4 Å². The van der Waals surface area contributed by atoms with E-state index >= 15 is 0 Å². The van der Waals surface area contributed by atoms with E-state index in [1.807, 2.05) is 0 Å². The number of para-hydroxylation sites is 4. The van der Waals surface area contributed by atoms with Crippen LogP contribution in [-0.4, -0.2) is 17.0 Å². The summed E-state index contributed by atoms with van der Waals surface area (Å²) in [6, 6.07) is 41.7. The molecule has 33 heavy (non-hydrogen) atoms. The largest absolute Gasteiger partial charge is 0.309 e. The predicted molar refractivity (Wildman–Crippen MR) is 143 cm³/mol. The first kappa shape index (κ1) is 18.3. The predicted octanol–water partition coefficient (Wildman–Crippen LogP) is 6.14. The summed E-state index contributed by atoms with van der Waals surface area (Å²) in [4.78, 5) is 0. The summed E-state index contributed by atoms with van der Waals surface area (Å²) in [7, 11) is 2.19. The zero-order valence-electron chi connectivity index (χ0n) is 18.4. The Hall–Kier alpha value is -4.24. The van der Waals surface area contributed by atoms with Gasteiger partial charge in [0.2, 0.25) is 0 Å². The highest BCUT2D eigenvalue weighted by Gasteiger charge is 2.15. The fourth-order valence-electron chi connectivity index (χ4n) is 5.40. The highest BCUT2D eigenvalue weighted by molar-refractivity contribution is 6.32. The molecule has 5 aromatic carbocycles. The van der Waals surface area contributed by atoms with Crippen LogP contribution < -0.4 is 5.46 Å². The van der Waals surface area contributed by atoms with Gasteiger partial charge in [-0.1, -0.05) is 78.3 Å². The van der Waals surface area contributed by atoms with Crippen LogP contribution in [-0.2, 0) is 0 Å². The molecule has 0 aliphatic heterocycles. The molecule has 0 bridgehead atoms. The van der Waals surface area contributed by atoms with Crippen molar-refractivity contribution in [1.29, 1.82) is 0 Å². The lowest BCUT2D eigenvalue weighted by atomic mass is 9.95. The van der Waals surface area contributed by atoms with Gasteiger partial charge in [0, 0.05) is 32.9 Å². The second-order valence-corrected chi connectivity index (χ2v) is 8.77. The molecule has 0 spiro atoms. The second kappa shape index (κ2) is 6.88. The normalized spacial score (nSPS) is 11.8. The quantitative estimate of drug-likeness (QED) is 0.298. The van der Waals surface area contributed by atoms with Crippen molar-refractivity contribution in [3.05, 3.63) is 115 Å². The van der Waals surface area contributed by atoms with Crippen LogP contribution in [0.2, 0.25) is 0 Å². The number of hydrogen-bond donors (Lipinski definition) is 0. The molecule has 3 heteroatoms. The highest BCUT2D eigenvalue weighted by atomic mass is 15.0. The lowest BCUT2D eigenvalue weighted by Crippen LogP contribution is -2.09. The summed E-state index contributed by atoms with van der Waals surface area (Å²) in [5.41, 5.74) is 8.55. The topological polar surface area (TPSA) is 9.86 Å². The lowest BCUT2D eigenvalue weighted by Gasteiger charge is -2.14. The maximum atomic E-state index is 2.40. The minimum atomic E-state index is 1.18. The zero-order chi connectivity index (χ0) is 21.9. The van der Waals surface area contributed by atoms with Crippen LogP contribution in [0.5, 0.6) is 0 Å². The van der Waals surface area contributed by atoms with Crippen molar-refractivity contribution in [2.45, 2.75) is 0 Å². The van der Waals surface area contributed by atoms with Crippen molar-refractivity contribution in [1.82, 2.24) is 9.13 Å². The van der Waals surface area contributed by atoms with Crippen molar-refractivity contribution >= 4 is 56.9 Å². The van der Waals surface area contributed by atoms with E-state index in [9.17, 15) is 0 Å². The Bertz CT molecular complexity index is 1600. The molecular weight excluding hydrogens is 399 g/mol. The average molecular weight is 420 g/mol. The third-order valence-corrected chi connectivity index (χ3v) is 6.72. The Kier molecular flexibility index (Phi) is 3.83. The fraction of sp³-hybridized carbons (Fsp3) is 0. The smallest absolute Gasteiger partial charge is 0.139 e. The first-order chi connectivity index (χ1) is 16.3. The number of hydrogen-bond acceptors (Lipinski definition) is 0. The van der Waals surface area contributed by atoms with Gasteiger partial charge in [0.05, 0.1) is 22.1 Å². The van der Waals surface area contributed by atoms with E-state index in [0.29, 0.717) is 0 Å². The van der Waals surface area contributed by atoms with Gasteiger partial charge in [-0.25, -0.2) is 0 Å². The molecule has 0 fully saturated rings. The molecule has 0 aliphatic carbocycles. The maximum absolute atomic E-state index is 2.40. The Morgan fingerprint density at radius 2 is 0.697 bits per heavy atom. The van der Waals surface area contributed by atoms with Crippen molar-refractivity contribution in [3.63, 3.8) is 0 Å². The Morgan fingerprint density at radius 3 is 1.03 bits per heavy atom. The van der Waals surface area contributed by atoms with E-state index in [-0.39, 0.29) is 0 Å². The van der Waals surface area contributed by atoms with Gasteiger partial charge in [-0.3, -0.25) is 0 Å². The molecule has 0 amide bonds. The molecule has 0 atom stereocenters. The first-order valence-electron chi connectivity index (χ1n) is 11.4. The molecule has 7 rings (SSSR count). The SMILES string of the molecule is Bc1cc(-n2c3ccccc3c3ccccc32)cc(-n2c3ccccc3c3ccccc32)c1. The van der Waals surface area contributed by atoms with Crippen molar-refractivity contribution in [2.75, 3.05) is 0 Å². The summed E-state index contributed by atoms with van der Waals surface area (Å²) in [6.07, 6.45) is 0. The van der Waals surface area contributed by atoms with Crippen molar-refractivity contribution < 1.29 is 0 Å². The molecule has 2 aromatic heterocycles. The molecule has 7 aromatic rings. The lowest BCUT2D eigenvalue weighted by molar-refractivity contribution is 1.14. The molecule has 0 N–H and O–H groups in total. The molecule has 2 heterocycles. The fourth-order valence-corrected chi connectivity index (χ4v) is 5.40. The van der Waals surface area contributed by atoms with Gasteiger partial charge < -0.3 is 9.13 Å². The summed E-state index contributed by atoms with van der Waals surface area (Å²) in [5.74, 6) is 0. The summed E-state index contributed by atoms with van der Waals surface area (Å²) >= 11 is 0. The van der Waals surface area contributed by atoms with Gasteiger partial charge in [0.25, 0.3) is 0 Å². The number of rotatable bonds is 2. The van der Waals surface area contributed by atoms with E-state index in [1.54, 1.807) is 0 Å². The van der Waals surface area contributed by atoms with Crippen LogP contribution in [0.15, 0.2) is 115 Å². The van der Waals surface area contributed by atoms with E-state index < -0.39 is 0 Å². The van der Waals surface area contributed by atoms with Crippen LogP contribution in [0.4, 0.5) is 0 Å². The van der Waals surface area contributed by atoms with Gasteiger partial charge in [0.15, 0.2) is 0 Å². The molecule has 0 aliphatic rings. The molecule has 0 saturated carbocycles. The highest BCUT2D eigenvalue weighted by Crippen LogP contribution is 2.34. The molecule has 0 radical (unpaired) electrons. The molecule has 2 nitrogen and oxygen atoms in total. The summed E-state index contributed by atoms with van der Waals surface area (Å²) < 4.78 is 4.80. The van der Waals surface area contributed by atoms with Gasteiger partial charge in [-0.2, -0.15) is 0 Å². The monoisotopic (exact) mass is 420 g/mol. The van der Waals surface area contributed by atoms with Crippen molar-refractivity contribution in [3.8, 4) is 11.4 Å². The van der Waals surface area contributed by atoms with Gasteiger partial charge in [-0.05, 0) is 42.5 Å². The third kappa shape index (κ3) is 2.63. The second-order valence-electron chi connectivity index (χ2n) is 8.77. The number of fused-ring (bicyclic) bond motifs is 6. The Morgan fingerprint density at radius 1 is 0.394 bits per heavy atom. The van der Waals surface area contributed by atoms with Crippen LogP contribution in [0.1, 0.15) is 0 Å². The Labute approximate surface area is 192 Å². The van der Waals surface area contributed by atoms with Crippen molar-refractivity contribution in [2.24, 2.45) is 0 Å². The van der Waals surface area contributed by atoms with Crippen LogP contribution in [0.3, 0.4) is 0 Å². The average Bonchev–Trinajstić information content (AvgIpc) is 3.37. The number of aromatic nitrogens is 2. The number of benzene rings is 5. The maximum Gasteiger partial charge on any atom is 0.139 e. The molecule has 0 saturated heterocycles. The zero-order valence-corrected chi connectivity index (χ0v) is 18.4. The van der Waals surface area contributed by atoms with E-state index in [4.69, 9.17) is 0 Å². The number of nitrogens with zero attached hydrogens (tertiary/aromatic N) is 2. The van der Waals surface area contributed by atoms with E-state index in [0.717, 1.165) is 0 Å². The Balaban J connectivity index is 1.58. The minimum Gasteiger partial charge on any atom is -0.309 e. The molecule has 0 unspecified atom stereocenters. The minimum absolute atomic E-state index is 1.18. The first-order valence-corrected chi connectivity index (χ1v) is 11.4. The van der Waals surface area contributed by atoms with Gasteiger partial charge in [-0.15, -0.1) is 0 Å². The van der Waals surface area contributed by atoms with E-state index in [2.05, 4.69) is 132 Å². The van der Waals surface area contributed by atoms with Crippen LogP contribution in [0, 0.1) is 0 Å². The third-order valence-electron chi connectivity index (χ3n) is 6.72. The summed E-state index contributed by atoms with van der Waals surface area (Å²) in [6.45, 7) is 0. The molecule has 154 valence electrons. The standard InChI is InChI=1S/C30H21BN2/c31-20-17-21(32-27-13-5-1-9-23(27)24-10-2-6-14-28(24)32)19-22(18-20)33-29-15-7-3-11-25(29)26-12-4-8-16-30(26)33/h1-19H,31H2. The van der Waals surface area contributed by atoms with Gasteiger partial charge in [0.1, 0.15) is 7.85 Å². The van der Waals surface area contributed by atoms with Crippen LogP contribution in [0.25, 0.3) is 55.0 Å². The van der Waals surface area contributed by atoms with Gasteiger partial charge >= 0.3 is 0 Å². The summed E-state index contributed by atoms with van der Waals surface area (Å²) in [5, 5.41) is 5.14.